The third kappa shape index (κ3) is 3.60. The van der Waals surface area contributed by atoms with Gasteiger partial charge >= 0.3 is 0 Å². The van der Waals surface area contributed by atoms with E-state index in [1.807, 2.05) is 6.07 Å². The number of nitrogens with zero attached hydrogens (tertiary/aromatic N) is 2. The van der Waals surface area contributed by atoms with Crippen LogP contribution in [0.1, 0.15) is 12.0 Å². The summed E-state index contributed by atoms with van der Waals surface area (Å²) in [6.07, 6.45) is 0.105. The number of carbonyl (C=O) groups excluding carboxylic acids is 2. The molecule has 1 N–H and O–H groups in total. The minimum Gasteiger partial charge on any atom is -0.323 e. The zero-order valence-electron chi connectivity index (χ0n) is 13.0. The van der Waals surface area contributed by atoms with E-state index in [0.29, 0.717) is 27.0 Å². The molecule has 0 aliphatic carbocycles. The van der Waals surface area contributed by atoms with Gasteiger partial charge in [0.1, 0.15) is 0 Å². The van der Waals surface area contributed by atoms with Crippen LogP contribution in [0.5, 0.6) is 0 Å². The Morgan fingerprint density at radius 1 is 1.16 bits per heavy atom. The van der Waals surface area contributed by atoms with Crippen molar-refractivity contribution >= 4 is 46.4 Å². The average molecular weight is 374 g/mol. The normalized spacial score (nSPS) is 16.6. The predicted octanol–water partition coefficient (Wildman–Crippen LogP) is 3.86. The van der Waals surface area contributed by atoms with Crippen molar-refractivity contribution in [1.29, 1.82) is 5.26 Å². The first-order valence-corrected chi connectivity index (χ1v) is 8.30. The van der Waals surface area contributed by atoms with Gasteiger partial charge in [-0.25, -0.2) is 0 Å². The number of nitrogens with one attached hydrogen (secondary N) is 1. The van der Waals surface area contributed by atoms with Crippen molar-refractivity contribution in [2.45, 2.75) is 6.42 Å². The second-order valence-electron chi connectivity index (χ2n) is 5.65. The quantitative estimate of drug-likeness (QED) is 0.887. The summed E-state index contributed by atoms with van der Waals surface area (Å²) >= 11 is 12.1. The van der Waals surface area contributed by atoms with Gasteiger partial charge in [0.05, 0.1) is 33.3 Å². The van der Waals surface area contributed by atoms with Crippen molar-refractivity contribution in [2.24, 2.45) is 5.92 Å². The number of benzene rings is 2. The molecule has 0 aromatic heterocycles. The molecule has 126 valence electrons. The van der Waals surface area contributed by atoms with Crippen LogP contribution in [0.2, 0.25) is 10.0 Å². The van der Waals surface area contributed by atoms with Crippen molar-refractivity contribution in [3.8, 4) is 6.07 Å². The van der Waals surface area contributed by atoms with Crippen LogP contribution < -0.4 is 10.2 Å². The molecule has 5 nitrogen and oxygen atoms in total. The van der Waals surface area contributed by atoms with Gasteiger partial charge in [-0.3, -0.25) is 9.59 Å². The third-order valence-corrected chi connectivity index (χ3v) is 4.64. The summed E-state index contributed by atoms with van der Waals surface area (Å²) in [5.41, 5.74) is 1.52. The summed E-state index contributed by atoms with van der Waals surface area (Å²) in [5.74, 6) is -0.954. The van der Waals surface area contributed by atoms with Crippen LogP contribution in [-0.4, -0.2) is 18.4 Å². The molecule has 3 rings (SSSR count). The van der Waals surface area contributed by atoms with E-state index >= 15 is 0 Å². The van der Waals surface area contributed by atoms with Crippen LogP contribution in [0.3, 0.4) is 0 Å². The van der Waals surface area contributed by atoms with E-state index < -0.39 is 5.92 Å². The molecule has 1 saturated heterocycles. The van der Waals surface area contributed by atoms with Gasteiger partial charge in [-0.2, -0.15) is 5.26 Å². The Bertz CT molecular complexity index is 855. The van der Waals surface area contributed by atoms with Crippen molar-refractivity contribution in [1.82, 2.24) is 0 Å². The number of rotatable bonds is 3. The highest BCUT2D eigenvalue weighted by molar-refractivity contribution is 6.39. The zero-order valence-corrected chi connectivity index (χ0v) is 14.5. The Labute approximate surface area is 154 Å². The third-order valence-electron chi connectivity index (χ3n) is 4.01. The van der Waals surface area contributed by atoms with Gasteiger partial charge < -0.3 is 10.2 Å². The van der Waals surface area contributed by atoms with Crippen LogP contribution in [0, 0.1) is 17.2 Å². The van der Waals surface area contributed by atoms with E-state index in [9.17, 15) is 9.59 Å². The SMILES string of the molecule is N#Cc1ccc(N2CC(C(=O)Nc3c(Cl)cccc3Cl)CC2=O)cc1. The Kier molecular flexibility index (Phi) is 4.93. The highest BCUT2D eigenvalue weighted by Gasteiger charge is 2.35. The Balaban J connectivity index is 1.73. The number of hydrogen-bond donors (Lipinski definition) is 1. The number of nitriles is 1. The van der Waals surface area contributed by atoms with Crippen molar-refractivity contribution in [3.05, 3.63) is 58.1 Å². The van der Waals surface area contributed by atoms with Gasteiger partial charge in [0.25, 0.3) is 0 Å². The lowest BCUT2D eigenvalue weighted by Gasteiger charge is -2.17. The predicted molar refractivity (Wildman–Crippen MR) is 96.7 cm³/mol. The number of carbonyl (C=O) groups is 2. The van der Waals surface area contributed by atoms with Crippen molar-refractivity contribution < 1.29 is 9.59 Å². The molecule has 1 atom stereocenters. The number of halogens is 2. The molecule has 1 fully saturated rings. The molecular weight excluding hydrogens is 361 g/mol. The van der Waals surface area contributed by atoms with E-state index in [0.717, 1.165) is 0 Å². The summed E-state index contributed by atoms with van der Waals surface area (Å²) in [6.45, 7) is 0.263. The maximum atomic E-state index is 12.5. The van der Waals surface area contributed by atoms with Crippen LogP contribution in [0.15, 0.2) is 42.5 Å². The largest absolute Gasteiger partial charge is 0.323 e. The summed E-state index contributed by atoms with van der Waals surface area (Å²) in [6, 6.07) is 13.6. The van der Waals surface area contributed by atoms with Crippen LogP contribution in [0.25, 0.3) is 0 Å². The van der Waals surface area contributed by atoms with Gasteiger partial charge in [-0.15, -0.1) is 0 Å². The van der Waals surface area contributed by atoms with Gasteiger partial charge in [0.15, 0.2) is 0 Å². The fourth-order valence-electron chi connectivity index (χ4n) is 2.69. The molecule has 1 unspecified atom stereocenters. The van der Waals surface area contributed by atoms with E-state index in [2.05, 4.69) is 5.32 Å². The molecule has 0 spiro atoms. The minimum atomic E-state index is -0.504. The number of hydrogen-bond acceptors (Lipinski definition) is 3. The minimum absolute atomic E-state index is 0.105. The van der Waals surface area contributed by atoms with E-state index in [4.69, 9.17) is 28.5 Å². The summed E-state index contributed by atoms with van der Waals surface area (Å²) in [7, 11) is 0. The Morgan fingerprint density at radius 3 is 2.40 bits per heavy atom. The number of amides is 2. The lowest BCUT2D eigenvalue weighted by Crippen LogP contribution is -2.28. The molecule has 0 saturated carbocycles. The first-order valence-electron chi connectivity index (χ1n) is 7.55. The maximum Gasteiger partial charge on any atom is 0.229 e. The maximum absolute atomic E-state index is 12.5. The topological polar surface area (TPSA) is 73.2 Å². The summed E-state index contributed by atoms with van der Waals surface area (Å²) < 4.78 is 0. The van der Waals surface area contributed by atoms with Crippen molar-refractivity contribution in [2.75, 3.05) is 16.8 Å². The molecule has 7 heteroatoms. The average Bonchev–Trinajstić information content (AvgIpc) is 3.00. The van der Waals surface area contributed by atoms with Gasteiger partial charge in [-0.1, -0.05) is 29.3 Å². The number of para-hydroxylation sites is 1. The molecular formula is C18H13Cl2N3O2. The molecule has 0 bridgehead atoms. The molecule has 1 aliphatic heterocycles. The molecule has 2 aromatic carbocycles. The highest BCUT2D eigenvalue weighted by Crippen LogP contribution is 2.32. The molecule has 2 aromatic rings. The fourth-order valence-corrected chi connectivity index (χ4v) is 3.18. The number of anilines is 2. The zero-order chi connectivity index (χ0) is 18.0. The first kappa shape index (κ1) is 17.3. The van der Waals surface area contributed by atoms with Gasteiger partial charge in [0, 0.05) is 18.7 Å². The van der Waals surface area contributed by atoms with Crippen LogP contribution in [0.4, 0.5) is 11.4 Å². The second-order valence-corrected chi connectivity index (χ2v) is 6.46. The van der Waals surface area contributed by atoms with Crippen molar-refractivity contribution in [3.63, 3.8) is 0 Å². The monoisotopic (exact) mass is 373 g/mol. The van der Waals surface area contributed by atoms with Gasteiger partial charge in [-0.05, 0) is 36.4 Å². The lowest BCUT2D eigenvalue weighted by atomic mass is 10.1. The molecule has 25 heavy (non-hydrogen) atoms. The molecule has 2 amide bonds. The molecule has 1 heterocycles. The molecule has 1 aliphatic rings. The fraction of sp³-hybridized carbons (Fsp3) is 0.167. The second kappa shape index (κ2) is 7.14. The van der Waals surface area contributed by atoms with Crippen LogP contribution in [-0.2, 0) is 9.59 Å². The summed E-state index contributed by atoms with van der Waals surface area (Å²) in [4.78, 5) is 26.3. The lowest BCUT2D eigenvalue weighted by molar-refractivity contribution is -0.122. The highest BCUT2D eigenvalue weighted by atomic mass is 35.5. The summed E-state index contributed by atoms with van der Waals surface area (Å²) in [5, 5.41) is 12.2. The van der Waals surface area contributed by atoms with Gasteiger partial charge in [0.2, 0.25) is 11.8 Å². The van der Waals surface area contributed by atoms with E-state index in [1.165, 1.54) is 0 Å². The Morgan fingerprint density at radius 2 is 1.80 bits per heavy atom. The van der Waals surface area contributed by atoms with Crippen LogP contribution >= 0.6 is 23.2 Å². The van der Waals surface area contributed by atoms with E-state index in [-0.39, 0.29) is 24.8 Å². The van der Waals surface area contributed by atoms with E-state index in [1.54, 1.807) is 47.4 Å². The first-order chi connectivity index (χ1) is 12.0. The smallest absolute Gasteiger partial charge is 0.229 e. The molecule has 0 radical (unpaired) electrons. The standard InChI is InChI=1S/C18H13Cl2N3O2/c19-14-2-1-3-15(20)17(14)22-18(25)12-8-16(24)23(10-12)13-6-4-11(9-21)5-7-13/h1-7,12H,8,10H2,(H,22,25). The Hall–Kier alpha value is -2.55.